The predicted molar refractivity (Wildman–Crippen MR) is 156 cm³/mol. The van der Waals surface area contributed by atoms with E-state index >= 15 is 0 Å². The van der Waals surface area contributed by atoms with Gasteiger partial charge in [0, 0.05) is 0 Å². The van der Waals surface area contributed by atoms with Crippen molar-refractivity contribution in [3.05, 3.63) is 0 Å². The second-order valence-electron chi connectivity index (χ2n) is 4.16. The van der Waals surface area contributed by atoms with Gasteiger partial charge in [-0.2, -0.15) is 0 Å². The zero-order valence-corrected chi connectivity index (χ0v) is 23.0. The van der Waals surface area contributed by atoms with E-state index in [9.17, 15) is 0 Å². The third-order valence-electron chi connectivity index (χ3n) is 0. The first-order valence-corrected chi connectivity index (χ1v) is 9.30. The Kier molecular flexibility index (Phi) is 144. The maximum absolute atomic E-state index is 7.17. The summed E-state index contributed by atoms with van der Waals surface area (Å²) in [6.45, 7) is 0. The van der Waals surface area contributed by atoms with E-state index < -0.39 is 87.9 Å². The Hall–Kier alpha value is -0.661. The van der Waals surface area contributed by atoms with Gasteiger partial charge in [0.25, 0.3) is 0 Å². The molecule has 0 aliphatic rings. The summed E-state index contributed by atoms with van der Waals surface area (Å²) in [6, 6.07) is 0. The van der Waals surface area contributed by atoms with Crippen LogP contribution in [0.2, 0.25) is 0 Å². The van der Waals surface area contributed by atoms with Gasteiger partial charge < -0.3 is 181 Å². The topological polar surface area (TPSA) is 728 Å². The minimum absolute atomic E-state index is 0. The van der Waals surface area contributed by atoms with Crippen molar-refractivity contribution in [2.45, 2.75) is 7.43 Å². The van der Waals surface area contributed by atoms with E-state index in [1.165, 1.54) is 0 Å². The van der Waals surface area contributed by atoms with E-state index in [0.29, 0.717) is 0 Å². The summed E-state index contributed by atoms with van der Waals surface area (Å²) in [5.41, 5.74) is 0. The molecule has 0 aliphatic carbocycles. The fourth-order valence-corrected chi connectivity index (χ4v) is 0. The van der Waals surface area contributed by atoms with Crippen LogP contribution >= 0.6 is 0 Å². The van der Waals surface area contributed by atoms with Crippen molar-refractivity contribution in [1.82, 2.24) is 0 Å². The smallest absolute Gasteiger partial charge is 0.402 e. The molecular weight excluding hydrogens is 718 g/mol. The highest BCUT2D eigenvalue weighted by Gasteiger charge is 1.96. The number of hydrogen-bond donors (Lipinski definition) is 36. The first kappa shape index (κ1) is 86.7. The number of rotatable bonds is 0. The maximum Gasteiger partial charge on any atom is 0.631 e. The molecule has 0 rings (SSSR count). The van der Waals surface area contributed by atoms with Gasteiger partial charge in [0.15, 0.2) is 0 Å². The molecule has 0 amide bonds. The van der Waals surface area contributed by atoms with Gasteiger partial charge in [0.1, 0.15) is 0 Å². The Labute approximate surface area is 277 Å². The first-order valence-electron chi connectivity index (χ1n) is 9.30. The molecule has 0 heterocycles. The van der Waals surface area contributed by atoms with Crippen molar-refractivity contribution in [3.63, 3.8) is 0 Å². The molecule has 0 aromatic carbocycles. The average Bonchev–Trinajstić information content (AvgIpc) is 2.61. The molecule has 49 heavy (non-hydrogen) atoms. The lowest BCUT2D eigenvalue weighted by atomic mass is 10.3. The van der Waals surface area contributed by atoms with E-state index in [0.717, 1.165) is 0 Å². The third kappa shape index (κ3) is 223000. The van der Waals surface area contributed by atoms with Gasteiger partial charge in [-0.05, 0) is 0 Å². The highest BCUT2D eigenvalue weighted by atomic mass is 16.6. The molecule has 0 saturated heterocycles. The van der Waals surface area contributed by atoms with Crippen molar-refractivity contribution in [2.75, 3.05) is 0 Å². The molecule has 36 N–H and O–H groups in total. The van der Waals surface area contributed by atoms with E-state index in [1.54, 1.807) is 0 Å². The van der Waals surface area contributed by atoms with Crippen molar-refractivity contribution in [3.8, 4) is 0 Å². The zero-order valence-electron chi connectivity index (χ0n) is 23.0. The zero-order chi connectivity index (χ0) is 42.9. The normalized spacial score (nSPS) is 6.61. The van der Waals surface area contributed by atoms with Gasteiger partial charge in [-0.15, -0.1) is 0 Å². The Morgan fingerprint density at radius 1 is 0.102 bits per heavy atom. The van der Waals surface area contributed by atoms with E-state index in [1.807, 2.05) is 0 Å². The quantitative estimate of drug-likeness (QED) is 0.102. The van der Waals surface area contributed by atoms with Crippen LogP contribution in [0.15, 0.2) is 0 Å². The van der Waals surface area contributed by atoms with E-state index in [-0.39, 0.29) is 7.43 Å². The highest BCUT2D eigenvalue weighted by Crippen LogP contribution is 1.44. The Balaban J connectivity index is -0.0000000262. The lowest BCUT2D eigenvalue weighted by Crippen LogP contribution is -2.07. The Morgan fingerprint density at radius 2 is 0.102 bits per heavy atom. The van der Waals surface area contributed by atoms with Crippen molar-refractivity contribution in [2.24, 2.45) is 0 Å². The summed E-state index contributed by atoms with van der Waals surface area (Å²) >= 11 is 0. The first-order chi connectivity index (χ1) is 20.8. The molecule has 296 valence electrons. The molecule has 0 bridgehead atoms. The van der Waals surface area contributed by atoms with E-state index in [4.69, 9.17) is 181 Å². The fourth-order valence-electron chi connectivity index (χ4n) is 0. The molecule has 0 aromatic rings. The molecule has 48 heteroatoms. The summed E-state index contributed by atoms with van der Waals surface area (Å²) < 4.78 is 0. The van der Waals surface area contributed by atoms with Gasteiger partial charge in [-0.1, -0.05) is 7.43 Å². The summed E-state index contributed by atoms with van der Waals surface area (Å²) in [5, 5.41) is 258. The van der Waals surface area contributed by atoms with Gasteiger partial charge in [0.2, 0.25) is 0 Å². The molecule has 0 aromatic heterocycles. The minimum Gasteiger partial charge on any atom is -0.402 e. The lowest BCUT2D eigenvalue weighted by Gasteiger charge is -1.69. The van der Waals surface area contributed by atoms with Crippen LogP contribution in [0.3, 0.4) is 0 Å². The average molecular weight is 758 g/mol. The van der Waals surface area contributed by atoms with Crippen LogP contribution in [0.25, 0.3) is 0 Å². The summed E-state index contributed by atoms with van der Waals surface area (Å²) in [5.74, 6) is 0. The van der Waals surface area contributed by atoms with Crippen molar-refractivity contribution >= 4 is 87.9 Å². The standard InChI is InChI=1S/CH4.12BH3O3/c;12*2-1(3)4/h1H4;12*2-4H. The van der Waals surface area contributed by atoms with Crippen molar-refractivity contribution < 1.29 is 181 Å². The molecule has 0 saturated carbocycles. The van der Waals surface area contributed by atoms with Crippen LogP contribution < -0.4 is 0 Å². The molecule has 0 fully saturated rings. The van der Waals surface area contributed by atoms with Crippen LogP contribution in [0, 0.1) is 0 Å². The predicted octanol–water partition coefficient (Wildman–Crippen LogP) is -24.0. The van der Waals surface area contributed by atoms with Crippen LogP contribution in [0.5, 0.6) is 0 Å². The van der Waals surface area contributed by atoms with Gasteiger partial charge in [0.05, 0.1) is 0 Å². The van der Waals surface area contributed by atoms with Crippen LogP contribution in [0.1, 0.15) is 7.43 Å². The minimum atomic E-state index is -2.17. The van der Waals surface area contributed by atoms with Gasteiger partial charge in [-0.3, -0.25) is 0 Å². The van der Waals surface area contributed by atoms with Crippen molar-refractivity contribution in [1.29, 1.82) is 0 Å². The summed E-state index contributed by atoms with van der Waals surface area (Å²) in [7, 11) is -26.0. The molecular formula is CH40B12O36. The van der Waals surface area contributed by atoms with E-state index in [2.05, 4.69) is 0 Å². The Bertz CT molecular complexity index is 232. The summed E-state index contributed by atoms with van der Waals surface area (Å²) in [6.07, 6.45) is 0. The molecule has 0 aliphatic heterocycles. The molecule has 0 unspecified atom stereocenters. The third-order valence-corrected chi connectivity index (χ3v) is 0. The fraction of sp³-hybridized carbons (Fsp3) is 1.00. The second kappa shape index (κ2) is 81.4. The molecule has 36 nitrogen and oxygen atoms in total. The SMILES string of the molecule is C.OB(O)O.OB(O)O.OB(O)O.OB(O)O.OB(O)O.OB(O)O.OB(O)O.OB(O)O.OB(O)O.OB(O)O.OB(O)O.OB(O)O. The lowest BCUT2D eigenvalue weighted by molar-refractivity contribution is 0.276. The highest BCUT2D eigenvalue weighted by molar-refractivity contribution is 6.33. The van der Waals surface area contributed by atoms with Crippen LogP contribution in [-0.4, -0.2) is 269 Å². The molecule has 0 radical (unpaired) electrons. The van der Waals surface area contributed by atoms with Gasteiger partial charge in [-0.25, -0.2) is 0 Å². The molecule has 0 spiro atoms. The van der Waals surface area contributed by atoms with Gasteiger partial charge >= 0.3 is 87.9 Å². The Morgan fingerprint density at radius 3 is 0.102 bits per heavy atom. The molecule has 0 atom stereocenters. The van der Waals surface area contributed by atoms with Crippen LogP contribution in [-0.2, 0) is 0 Å². The van der Waals surface area contributed by atoms with Crippen LogP contribution in [0.4, 0.5) is 0 Å². The largest absolute Gasteiger partial charge is 0.631 e. The summed E-state index contributed by atoms with van der Waals surface area (Å²) in [4.78, 5) is 0. The maximum atomic E-state index is 7.17. The second-order valence-corrected chi connectivity index (χ2v) is 4.16. The number of hydrogen-bond acceptors (Lipinski definition) is 36. The monoisotopic (exact) mass is 760 g/mol.